The lowest BCUT2D eigenvalue weighted by atomic mass is 10.3. The molecule has 0 radical (unpaired) electrons. The van der Waals surface area contributed by atoms with Crippen molar-refractivity contribution in [3.05, 3.63) is 35.4 Å². The van der Waals surface area contributed by atoms with E-state index in [2.05, 4.69) is 6.07 Å². The van der Waals surface area contributed by atoms with Crippen LogP contribution in [0.15, 0.2) is 40.3 Å². The highest BCUT2D eigenvalue weighted by Crippen LogP contribution is 2.44. The molecule has 0 aromatic heterocycles. The van der Waals surface area contributed by atoms with Gasteiger partial charge in [0.15, 0.2) is 0 Å². The second-order valence-electron chi connectivity index (χ2n) is 2.77. The van der Waals surface area contributed by atoms with Gasteiger partial charge in [-0.25, -0.2) is 0 Å². The van der Waals surface area contributed by atoms with E-state index in [1.165, 1.54) is 4.90 Å². The molecule has 2 nitrogen and oxygen atoms in total. The Kier molecular flexibility index (Phi) is 2.29. The Hall–Kier alpha value is -0.930. The predicted molar refractivity (Wildman–Crippen MR) is 55.6 cm³/mol. The lowest BCUT2D eigenvalue weighted by Crippen LogP contribution is -2.17. The van der Waals surface area contributed by atoms with Gasteiger partial charge in [-0.15, -0.1) is 0 Å². The fraction of sp³-hybridized carbons (Fsp3) is 0.200. The van der Waals surface area contributed by atoms with Crippen LogP contribution in [0.2, 0.25) is 0 Å². The first-order valence-corrected chi connectivity index (χ1v) is 5.00. The molecule has 0 atom stereocenters. The summed E-state index contributed by atoms with van der Waals surface area (Å²) in [5.74, 6) is 0. The van der Waals surface area contributed by atoms with Gasteiger partial charge in [-0.3, -0.25) is 0 Å². The average molecular weight is 193 g/mol. The van der Waals surface area contributed by atoms with Crippen molar-refractivity contribution in [1.82, 2.24) is 0 Å². The van der Waals surface area contributed by atoms with Gasteiger partial charge in [-0.1, -0.05) is 30.0 Å². The second kappa shape index (κ2) is 3.44. The molecule has 0 fully saturated rings. The number of fused-ring (bicyclic) bond motifs is 1. The van der Waals surface area contributed by atoms with Gasteiger partial charge in [-0.2, -0.15) is 0 Å². The molecule has 0 saturated heterocycles. The summed E-state index contributed by atoms with van der Waals surface area (Å²) in [6.07, 6.45) is 2.01. The zero-order chi connectivity index (χ0) is 9.26. The third-order valence-corrected chi connectivity index (χ3v) is 3.26. The third-order valence-electron chi connectivity index (χ3n) is 2.02. The van der Waals surface area contributed by atoms with Crippen LogP contribution in [0, 0.1) is 0 Å². The summed E-state index contributed by atoms with van der Waals surface area (Å²) in [5, 5.41) is 10.3. The summed E-state index contributed by atoms with van der Waals surface area (Å²) in [5.41, 5.74) is 1.10. The highest BCUT2D eigenvalue weighted by Gasteiger charge is 2.22. The van der Waals surface area contributed by atoms with Crippen LogP contribution in [-0.4, -0.2) is 11.8 Å². The summed E-state index contributed by atoms with van der Waals surface area (Å²) in [6, 6.07) is 8.09. The number of thioether (sulfide) groups is 1. The highest BCUT2D eigenvalue weighted by atomic mass is 32.2. The van der Waals surface area contributed by atoms with Crippen LogP contribution in [0.4, 0.5) is 5.69 Å². The molecule has 1 heterocycles. The zero-order valence-corrected chi connectivity index (χ0v) is 8.21. The van der Waals surface area contributed by atoms with Crippen molar-refractivity contribution in [1.29, 1.82) is 0 Å². The van der Waals surface area contributed by atoms with Crippen molar-refractivity contribution in [2.45, 2.75) is 11.8 Å². The molecular formula is C10H11NOS. The van der Waals surface area contributed by atoms with Crippen LogP contribution in [0.1, 0.15) is 6.92 Å². The van der Waals surface area contributed by atoms with E-state index in [0.29, 0.717) is 0 Å². The quantitative estimate of drug-likeness (QED) is 0.741. The Morgan fingerprint density at radius 2 is 2.23 bits per heavy atom. The summed E-state index contributed by atoms with van der Waals surface area (Å²) in [4.78, 5) is 3.12. The van der Waals surface area contributed by atoms with Crippen LogP contribution in [0.3, 0.4) is 0 Å². The maximum atomic E-state index is 9.19. The van der Waals surface area contributed by atoms with Crippen molar-refractivity contribution < 1.29 is 5.11 Å². The van der Waals surface area contributed by atoms with E-state index in [1.54, 1.807) is 11.8 Å². The molecule has 1 N–H and O–H groups in total. The van der Waals surface area contributed by atoms with E-state index in [4.69, 9.17) is 0 Å². The van der Waals surface area contributed by atoms with Crippen molar-refractivity contribution >= 4 is 17.4 Å². The molecule has 3 heteroatoms. The number of benzene rings is 1. The monoisotopic (exact) mass is 193 g/mol. The van der Waals surface area contributed by atoms with Crippen molar-refractivity contribution in [3.8, 4) is 0 Å². The fourth-order valence-corrected chi connectivity index (χ4v) is 2.45. The van der Waals surface area contributed by atoms with Gasteiger partial charge in [0.05, 0.1) is 10.7 Å². The molecule has 0 spiro atoms. The van der Waals surface area contributed by atoms with E-state index < -0.39 is 0 Å². The van der Waals surface area contributed by atoms with Gasteiger partial charge in [-0.05, 0) is 19.1 Å². The van der Waals surface area contributed by atoms with Crippen molar-refractivity contribution in [2.75, 3.05) is 11.6 Å². The van der Waals surface area contributed by atoms with Crippen LogP contribution >= 0.6 is 11.8 Å². The van der Waals surface area contributed by atoms with Crippen molar-refractivity contribution in [2.24, 2.45) is 0 Å². The fourth-order valence-electron chi connectivity index (χ4n) is 1.41. The third kappa shape index (κ3) is 1.34. The zero-order valence-electron chi connectivity index (χ0n) is 7.40. The van der Waals surface area contributed by atoms with Gasteiger partial charge in [0.1, 0.15) is 6.73 Å². The summed E-state index contributed by atoms with van der Waals surface area (Å²) < 4.78 is 0. The van der Waals surface area contributed by atoms with Gasteiger partial charge in [0, 0.05) is 4.90 Å². The molecule has 1 aromatic rings. The topological polar surface area (TPSA) is 23.5 Å². The number of aliphatic hydroxyl groups excluding tert-OH is 1. The summed E-state index contributed by atoms with van der Waals surface area (Å²) in [7, 11) is 0. The summed E-state index contributed by atoms with van der Waals surface area (Å²) in [6.45, 7) is 2.03. The lowest BCUT2D eigenvalue weighted by Gasteiger charge is -2.15. The molecule has 0 bridgehead atoms. The Bertz CT molecular complexity index is 349. The van der Waals surface area contributed by atoms with Crippen LogP contribution in [0.5, 0.6) is 0 Å². The average Bonchev–Trinajstić information content (AvgIpc) is 2.55. The highest BCUT2D eigenvalue weighted by molar-refractivity contribution is 8.03. The molecular weight excluding hydrogens is 182 g/mol. The van der Waals surface area contributed by atoms with E-state index in [1.807, 2.05) is 36.1 Å². The molecule has 0 saturated carbocycles. The van der Waals surface area contributed by atoms with Gasteiger partial charge in [0.25, 0.3) is 0 Å². The number of para-hydroxylation sites is 1. The largest absolute Gasteiger partial charge is 0.376 e. The first-order valence-electron chi connectivity index (χ1n) is 4.18. The predicted octanol–water partition coefficient (Wildman–Crippen LogP) is 2.41. The number of aliphatic hydroxyl groups is 1. The number of rotatable bonds is 1. The smallest absolute Gasteiger partial charge is 0.120 e. The molecule has 2 rings (SSSR count). The molecule has 1 aliphatic heterocycles. The molecule has 13 heavy (non-hydrogen) atoms. The van der Waals surface area contributed by atoms with E-state index >= 15 is 0 Å². The first-order chi connectivity index (χ1) is 6.36. The second-order valence-corrected chi connectivity index (χ2v) is 3.83. The van der Waals surface area contributed by atoms with E-state index in [-0.39, 0.29) is 6.73 Å². The standard InChI is InChI=1S/C10H11NOS/c1-2-10-11(7-12)8-5-3-4-6-9(8)13-10/h2-6,12H,7H2,1H3. The molecule has 0 amide bonds. The number of anilines is 1. The normalized spacial score (nSPS) is 18.0. The number of hydrogen-bond acceptors (Lipinski definition) is 3. The minimum atomic E-state index is 0.0453. The van der Waals surface area contributed by atoms with E-state index in [9.17, 15) is 5.11 Å². The maximum absolute atomic E-state index is 9.19. The first kappa shape index (κ1) is 8.66. The van der Waals surface area contributed by atoms with Gasteiger partial charge >= 0.3 is 0 Å². The van der Waals surface area contributed by atoms with Crippen LogP contribution in [0.25, 0.3) is 0 Å². The van der Waals surface area contributed by atoms with Gasteiger partial charge in [0.2, 0.25) is 0 Å². The molecule has 1 aliphatic rings. The van der Waals surface area contributed by atoms with Crippen LogP contribution < -0.4 is 4.90 Å². The minimum absolute atomic E-state index is 0.0453. The maximum Gasteiger partial charge on any atom is 0.120 e. The number of nitrogens with zero attached hydrogens (tertiary/aromatic N) is 1. The minimum Gasteiger partial charge on any atom is -0.376 e. The Morgan fingerprint density at radius 1 is 1.46 bits per heavy atom. The summed E-state index contributed by atoms with van der Waals surface area (Å²) >= 11 is 1.70. The van der Waals surface area contributed by atoms with E-state index in [0.717, 1.165) is 10.7 Å². The lowest BCUT2D eigenvalue weighted by molar-refractivity contribution is 0.302. The number of hydrogen-bond donors (Lipinski definition) is 1. The SMILES string of the molecule is CC=C1Sc2ccccc2N1CO. The number of allylic oxidation sites excluding steroid dienone is 1. The molecule has 0 aliphatic carbocycles. The van der Waals surface area contributed by atoms with Crippen molar-refractivity contribution in [3.63, 3.8) is 0 Å². The molecule has 1 aromatic carbocycles. The Balaban J connectivity index is 2.46. The Labute approximate surface area is 81.9 Å². The van der Waals surface area contributed by atoms with Crippen LogP contribution in [-0.2, 0) is 0 Å². The molecule has 0 unspecified atom stereocenters. The van der Waals surface area contributed by atoms with Gasteiger partial charge < -0.3 is 10.0 Å². The Morgan fingerprint density at radius 3 is 2.92 bits per heavy atom. The molecule has 68 valence electrons.